The average Bonchev–Trinajstić information content (AvgIpc) is 2.58. The number of phenolic OH excluding ortho intramolecular Hbond substituents is 1. The number of aliphatic hydroxyl groups is 1. The minimum atomic E-state index is -0.488. The van der Waals surface area contributed by atoms with Crippen molar-refractivity contribution in [1.82, 2.24) is 5.32 Å². The molecule has 0 radical (unpaired) electrons. The van der Waals surface area contributed by atoms with Crippen LogP contribution in [0.25, 0.3) is 0 Å². The van der Waals surface area contributed by atoms with E-state index in [0.717, 1.165) is 37.7 Å². The van der Waals surface area contributed by atoms with Crippen LogP contribution in [-0.2, 0) is 0 Å². The number of rotatable bonds is 2. The molecule has 1 amide bonds. The van der Waals surface area contributed by atoms with Crippen LogP contribution in [0.15, 0.2) is 18.2 Å². The number of carbonyl (C=O) groups is 1. The quantitative estimate of drug-likeness (QED) is 0.716. The third kappa shape index (κ3) is 3.47. The fourth-order valence-corrected chi connectivity index (χ4v) is 2.53. The molecule has 2 atom stereocenters. The van der Waals surface area contributed by atoms with Gasteiger partial charge in [0, 0.05) is 0 Å². The summed E-state index contributed by atoms with van der Waals surface area (Å²) in [4.78, 5) is 12.2. The number of aryl methyl sites for hydroxylation is 1. The van der Waals surface area contributed by atoms with Crippen LogP contribution in [0.3, 0.4) is 0 Å². The highest BCUT2D eigenvalue weighted by Gasteiger charge is 2.24. The van der Waals surface area contributed by atoms with Crippen LogP contribution < -0.4 is 5.32 Å². The summed E-state index contributed by atoms with van der Waals surface area (Å²) in [7, 11) is 0. The molecule has 4 heteroatoms. The fraction of sp³-hybridized carbons (Fsp3) is 0.533. The predicted molar refractivity (Wildman–Crippen MR) is 73.2 cm³/mol. The molecule has 3 N–H and O–H groups in total. The van der Waals surface area contributed by atoms with Crippen molar-refractivity contribution < 1.29 is 15.0 Å². The van der Waals surface area contributed by atoms with Gasteiger partial charge in [-0.15, -0.1) is 0 Å². The van der Waals surface area contributed by atoms with Crippen molar-refractivity contribution in [3.8, 4) is 5.75 Å². The Kier molecular flexibility index (Phi) is 4.43. The third-order valence-electron chi connectivity index (χ3n) is 3.69. The number of aromatic hydroxyl groups is 1. The molecular weight excluding hydrogens is 242 g/mol. The zero-order chi connectivity index (χ0) is 13.8. The maximum Gasteiger partial charge on any atom is 0.255 e. The van der Waals surface area contributed by atoms with E-state index in [-0.39, 0.29) is 23.3 Å². The lowest BCUT2D eigenvalue weighted by molar-refractivity contribution is 0.0816. The first kappa shape index (κ1) is 13.9. The number of hydrogen-bond donors (Lipinski definition) is 3. The molecule has 19 heavy (non-hydrogen) atoms. The van der Waals surface area contributed by atoms with Gasteiger partial charge < -0.3 is 15.5 Å². The van der Waals surface area contributed by atoms with Crippen molar-refractivity contribution >= 4 is 5.91 Å². The van der Waals surface area contributed by atoms with Crippen molar-refractivity contribution in [3.05, 3.63) is 29.3 Å². The maximum absolute atomic E-state index is 12.2. The highest BCUT2D eigenvalue weighted by atomic mass is 16.3. The van der Waals surface area contributed by atoms with E-state index in [0.29, 0.717) is 0 Å². The molecule has 0 saturated heterocycles. The molecule has 0 heterocycles. The first-order valence-electron chi connectivity index (χ1n) is 6.86. The smallest absolute Gasteiger partial charge is 0.255 e. The highest BCUT2D eigenvalue weighted by Crippen LogP contribution is 2.21. The van der Waals surface area contributed by atoms with Crippen LogP contribution >= 0.6 is 0 Å². The molecule has 2 rings (SSSR count). The summed E-state index contributed by atoms with van der Waals surface area (Å²) in [5.74, 6) is -0.335. The van der Waals surface area contributed by atoms with Crippen LogP contribution in [0.1, 0.15) is 48.0 Å². The van der Waals surface area contributed by atoms with Gasteiger partial charge in [-0.2, -0.15) is 0 Å². The van der Waals surface area contributed by atoms with Gasteiger partial charge in [0.15, 0.2) is 0 Å². The van der Waals surface area contributed by atoms with Crippen molar-refractivity contribution in [2.45, 2.75) is 51.2 Å². The summed E-state index contributed by atoms with van der Waals surface area (Å²) in [6.07, 6.45) is 4.15. The van der Waals surface area contributed by atoms with Crippen LogP contribution in [-0.4, -0.2) is 28.3 Å². The van der Waals surface area contributed by atoms with E-state index in [1.165, 1.54) is 6.07 Å². The zero-order valence-corrected chi connectivity index (χ0v) is 11.2. The Morgan fingerprint density at radius 1 is 1.26 bits per heavy atom. The number of aliphatic hydroxyl groups excluding tert-OH is 1. The Hall–Kier alpha value is -1.55. The standard InChI is InChI=1S/C15H21NO3/c1-10-7-8-13(17)11(9-10)15(19)16-12-5-3-2-4-6-14(12)18/h7-9,12,14,17-18H,2-6H2,1H3,(H,16,19). The number of amides is 1. The minimum Gasteiger partial charge on any atom is -0.507 e. The SMILES string of the molecule is Cc1ccc(O)c(C(=O)NC2CCCCCC2O)c1. The lowest BCUT2D eigenvalue weighted by Crippen LogP contribution is -2.42. The number of benzene rings is 1. The van der Waals surface area contributed by atoms with Crippen molar-refractivity contribution in [1.29, 1.82) is 0 Å². The normalized spacial score (nSPS) is 23.7. The minimum absolute atomic E-state index is 0.0220. The van der Waals surface area contributed by atoms with Gasteiger partial charge in [-0.25, -0.2) is 0 Å². The van der Waals surface area contributed by atoms with Crippen LogP contribution in [0, 0.1) is 6.92 Å². The van der Waals surface area contributed by atoms with E-state index in [9.17, 15) is 15.0 Å². The molecule has 1 fully saturated rings. The van der Waals surface area contributed by atoms with Crippen LogP contribution in [0.2, 0.25) is 0 Å². The molecule has 0 bridgehead atoms. The topological polar surface area (TPSA) is 69.6 Å². The number of carbonyl (C=O) groups excluding carboxylic acids is 1. The van der Waals surface area contributed by atoms with Gasteiger partial charge in [0.25, 0.3) is 5.91 Å². The first-order valence-corrected chi connectivity index (χ1v) is 6.86. The Bertz CT molecular complexity index is 459. The second kappa shape index (κ2) is 6.06. The largest absolute Gasteiger partial charge is 0.507 e. The van der Waals surface area contributed by atoms with E-state index >= 15 is 0 Å². The Balaban J connectivity index is 2.09. The lowest BCUT2D eigenvalue weighted by atomic mass is 10.0. The summed E-state index contributed by atoms with van der Waals surface area (Å²) in [6.45, 7) is 1.87. The molecule has 1 aliphatic rings. The molecule has 1 aliphatic carbocycles. The lowest BCUT2D eigenvalue weighted by Gasteiger charge is -2.22. The number of hydrogen-bond acceptors (Lipinski definition) is 3. The van der Waals surface area contributed by atoms with E-state index in [2.05, 4.69) is 5.32 Å². The molecule has 1 saturated carbocycles. The van der Waals surface area contributed by atoms with E-state index in [4.69, 9.17) is 0 Å². The first-order chi connectivity index (χ1) is 9.08. The summed E-state index contributed by atoms with van der Waals surface area (Å²) < 4.78 is 0. The Morgan fingerprint density at radius 2 is 2.00 bits per heavy atom. The highest BCUT2D eigenvalue weighted by molar-refractivity contribution is 5.97. The van der Waals surface area contributed by atoms with Gasteiger partial charge in [-0.1, -0.05) is 30.9 Å². The molecular formula is C15H21NO3. The molecule has 0 aromatic heterocycles. The fourth-order valence-electron chi connectivity index (χ4n) is 2.53. The molecule has 104 valence electrons. The number of nitrogens with one attached hydrogen (secondary N) is 1. The average molecular weight is 263 g/mol. The molecule has 1 aromatic carbocycles. The zero-order valence-electron chi connectivity index (χ0n) is 11.2. The van der Waals surface area contributed by atoms with Crippen molar-refractivity contribution in [2.24, 2.45) is 0 Å². The third-order valence-corrected chi connectivity index (χ3v) is 3.69. The molecule has 1 aromatic rings. The Morgan fingerprint density at radius 3 is 2.79 bits per heavy atom. The van der Waals surface area contributed by atoms with Crippen molar-refractivity contribution in [3.63, 3.8) is 0 Å². The van der Waals surface area contributed by atoms with Crippen LogP contribution in [0.5, 0.6) is 5.75 Å². The van der Waals surface area contributed by atoms with Gasteiger partial charge in [0.05, 0.1) is 17.7 Å². The van der Waals surface area contributed by atoms with E-state index in [1.54, 1.807) is 12.1 Å². The van der Waals surface area contributed by atoms with Crippen molar-refractivity contribution in [2.75, 3.05) is 0 Å². The van der Waals surface area contributed by atoms with E-state index in [1.807, 2.05) is 6.92 Å². The van der Waals surface area contributed by atoms with Gasteiger partial charge in [0.2, 0.25) is 0 Å². The number of phenols is 1. The molecule has 4 nitrogen and oxygen atoms in total. The molecule has 2 unspecified atom stereocenters. The maximum atomic E-state index is 12.2. The monoisotopic (exact) mass is 263 g/mol. The van der Waals surface area contributed by atoms with Gasteiger partial charge in [-0.05, 0) is 31.9 Å². The summed E-state index contributed by atoms with van der Waals surface area (Å²) >= 11 is 0. The van der Waals surface area contributed by atoms with Gasteiger partial charge in [-0.3, -0.25) is 4.79 Å². The van der Waals surface area contributed by atoms with Gasteiger partial charge in [0.1, 0.15) is 5.75 Å². The second-order valence-electron chi connectivity index (χ2n) is 5.31. The Labute approximate surface area is 113 Å². The summed E-state index contributed by atoms with van der Waals surface area (Å²) in [5, 5.41) is 22.6. The molecule has 0 aliphatic heterocycles. The second-order valence-corrected chi connectivity index (χ2v) is 5.31. The summed E-state index contributed by atoms with van der Waals surface area (Å²) in [6, 6.07) is 4.73. The molecule has 0 spiro atoms. The predicted octanol–water partition coefficient (Wildman–Crippen LogP) is 2.12. The van der Waals surface area contributed by atoms with Gasteiger partial charge >= 0.3 is 0 Å². The van der Waals surface area contributed by atoms with Crippen LogP contribution in [0.4, 0.5) is 0 Å². The summed E-state index contributed by atoms with van der Waals surface area (Å²) in [5.41, 5.74) is 1.20. The van der Waals surface area contributed by atoms with E-state index < -0.39 is 6.10 Å².